The number of aliphatic hydroxyl groups is 1. The lowest BCUT2D eigenvalue weighted by Gasteiger charge is -2.30. The Bertz CT molecular complexity index is 111. The van der Waals surface area contributed by atoms with Crippen molar-refractivity contribution in [3.8, 4) is 0 Å². The van der Waals surface area contributed by atoms with E-state index in [-0.39, 0.29) is 12.5 Å². The van der Waals surface area contributed by atoms with Crippen molar-refractivity contribution in [2.45, 2.75) is 26.4 Å². The molecule has 1 rings (SSSR count). The Morgan fingerprint density at radius 3 is 2.50 bits per heavy atom. The molecule has 12 heavy (non-hydrogen) atoms. The van der Waals surface area contributed by atoms with Crippen molar-refractivity contribution in [3.63, 3.8) is 0 Å². The summed E-state index contributed by atoms with van der Waals surface area (Å²) in [7, 11) is 1.90. The van der Waals surface area contributed by atoms with E-state index in [4.69, 9.17) is 5.11 Å². The monoisotopic (exact) mass is 177 g/mol. The number of piperidine rings is 1. The molecule has 0 amide bonds. The summed E-state index contributed by atoms with van der Waals surface area (Å²) in [5.41, 5.74) is 0. The minimum absolute atomic E-state index is 0.00495. The number of rotatable bonds is 1. The van der Waals surface area contributed by atoms with Gasteiger partial charge in [-0.15, -0.1) is 0 Å². The van der Waals surface area contributed by atoms with Crippen molar-refractivity contribution < 1.29 is 9.50 Å². The van der Waals surface area contributed by atoms with Gasteiger partial charge in [-0.05, 0) is 20.0 Å². The number of likely N-dealkylation sites (tertiary alicyclic amines) is 1. The second-order valence-corrected chi connectivity index (χ2v) is 3.01. The van der Waals surface area contributed by atoms with Crippen LogP contribution in [0.2, 0.25) is 0 Å². The molecule has 0 radical (unpaired) electrons. The zero-order chi connectivity index (χ0) is 9.56. The van der Waals surface area contributed by atoms with Crippen LogP contribution in [0, 0.1) is 5.92 Å². The molecule has 1 heterocycles. The zero-order valence-electron chi connectivity index (χ0n) is 8.26. The minimum Gasteiger partial charge on any atom is -0.396 e. The topological polar surface area (TPSA) is 23.5 Å². The lowest BCUT2D eigenvalue weighted by Crippen LogP contribution is -2.40. The molecular formula is C9H20FNO. The van der Waals surface area contributed by atoms with Crippen LogP contribution in [0.5, 0.6) is 0 Å². The third kappa shape index (κ3) is 3.50. The summed E-state index contributed by atoms with van der Waals surface area (Å²) in [6.07, 6.45) is -0.0440. The van der Waals surface area contributed by atoms with Crippen molar-refractivity contribution in [3.05, 3.63) is 0 Å². The Morgan fingerprint density at radius 2 is 2.08 bits per heavy atom. The van der Waals surface area contributed by atoms with E-state index in [9.17, 15) is 4.39 Å². The molecule has 0 aromatic rings. The molecule has 3 heteroatoms. The van der Waals surface area contributed by atoms with E-state index in [0.29, 0.717) is 6.54 Å². The summed E-state index contributed by atoms with van der Waals surface area (Å²) in [4.78, 5) is 1.96. The van der Waals surface area contributed by atoms with E-state index in [1.807, 2.05) is 25.8 Å². The molecule has 1 N–H and O–H groups in total. The van der Waals surface area contributed by atoms with Crippen LogP contribution in [-0.2, 0) is 0 Å². The van der Waals surface area contributed by atoms with E-state index in [1.165, 1.54) is 0 Å². The van der Waals surface area contributed by atoms with Gasteiger partial charge in [-0.1, -0.05) is 13.8 Å². The SMILES string of the molecule is CC.CN1CCC(CO)C(F)C1. The van der Waals surface area contributed by atoms with Gasteiger partial charge in [-0.2, -0.15) is 0 Å². The maximum absolute atomic E-state index is 12.9. The highest BCUT2D eigenvalue weighted by atomic mass is 19.1. The number of aliphatic hydroxyl groups excluding tert-OH is 1. The molecule has 1 aliphatic heterocycles. The highest BCUT2D eigenvalue weighted by molar-refractivity contribution is 4.77. The molecule has 1 fully saturated rings. The first-order valence-corrected chi connectivity index (χ1v) is 4.67. The average Bonchev–Trinajstić information content (AvgIpc) is 2.08. The first-order chi connectivity index (χ1) is 5.74. The Morgan fingerprint density at radius 1 is 1.50 bits per heavy atom. The normalized spacial score (nSPS) is 30.8. The predicted molar refractivity (Wildman–Crippen MR) is 48.9 cm³/mol. The summed E-state index contributed by atoms with van der Waals surface area (Å²) in [5, 5.41) is 8.69. The maximum atomic E-state index is 12.9. The molecule has 74 valence electrons. The third-order valence-electron chi connectivity index (χ3n) is 2.11. The van der Waals surface area contributed by atoms with E-state index in [2.05, 4.69) is 0 Å². The average molecular weight is 177 g/mol. The lowest BCUT2D eigenvalue weighted by atomic mass is 9.96. The Hall–Kier alpha value is -0.150. The van der Waals surface area contributed by atoms with Gasteiger partial charge in [0.05, 0.1) is 0 Å². The second kappa shape index (κ2) is 6.38. The van der Waals surface area contributed by atoms with Crippen molar-refractivity contribution in [2.75, 3.05) is 26.7 Å². The first-order valence-electron chi connectivity index (χ1n) is 4.67. The molecular weight excluding hydrogens is 157 g/mol. The summed E-state index contributed by atoms with van der Waals surface area (Å²) < 4.78 is 12.9. The number of nitrogens with zero attached hydrogens (tertiary/aromatic N) is 1. The predicted octanol–water partition coefficient (Wildman–Crippen LogP) is 1.29. The molecule has 0 aromatic carbocycles. The molecule has 2 atom stereocenters. The molecule has 1 aliphatic rings. The lowest BCUT2D eigenvalue weighted by molar-refractivity contribution is 0.0622. The fraction of sp³-hybridized carbons (Fsp3) is 1.00. The van der Waals surface area contributed by atoms with Crippen LogP contribution in [0.4, 0.5) is 4.39 Å². The molecule has 0 aliphatic carbocycles. The third-order valence-corrected chi connectivity index (χ3v) is 2.11. The largest absolute Gasteiger partial charge is 0.396 e. The minimum atomic E-state index is -0.830. The number of hydrogen-bond acceptors (Lipinski definition) is 2. The molecule has 1 saturated heterocycles. The van der Waals surface area contributed by atoms with E-state index < -0.39 is 6.17 Å². The van der Waals surface area contributed by atoms with Crippen LogP contribution in [0.3, 0.4) is 0 Å². The van der Waals surface area contributed by atoms with E-state index in [0.717, 1.165) is 13.0 Å². The number of alkyl halides is 1. The fourth-order valence-electron chi connectivity index (χ4n) is 1.31. The highest BCUT2D eigenvalue weighted by Gasteiger charge is 2.26. The first kappa shape index (κ1) is 11.8. The molecule has 0 saturated carbocycles. The van der Waals surface area contributed by atoms with E-state index >= 15 is 0 Å². The quantitative estimate of drug-likeness (QED) is 0.652. The number of hydrogen-bond donors (Lipinski definition) is 1. The summed E-state index contributed by atoms with van der Waals surface area (Å²) in [6, 6.07) is 0. The summed E-state index contributed by atoms with van der Waals surface area (Å²) in [6.45, 7) is 5.38. The standard InChI is InChI=1S/C7H14FNO.C2H6/c1-9-3-2-6(5-10)7(8)4-9;1-2/h6-7,10H,2-5H2,1H3;1-2H3. The van der Waals surface area contributed by atoms with Crippen LogP contribution in [0.25, 0.3) is 0 Å². The summed E-state index contributed by atoms with van der Waals surface area (Å²) >= 11 is 0. The Balaban J connectivity index is 0.000000561. The molecule has 2 unspecified atom stereocenters. The Kier molecular flexibility index (Phi) is 6.30. The van der Waals surface area contributed by atoms with Gasteiger partial charge in [0, 0.05) is 19.1 Å². The Labute approximate surface area is 74.4 Å². The van der Waals surface area contributed by atoms with Gasteiger partial charge in [0.1, 0.15) is 6.17 Å². The van der Waals surface area contributed by atoms with Crippen LogP contribution in [0.1, 0.15) is 20.3 Å². The van der Waals surface area contributed by atoms with Crippen LogP contribution in [0.15, 0.2) is 0 Å². The van der Waals surface area contributed by atoms with Gasteiger partial charge in [0.15, 0.2) is 0 Å². The zero-order valence-corrected chi connectivity index (χ0v) is 8.26. The second-order valence-electron chi connectivity index (χ2n) is 3.01. The van der Waals surface area contributed by atoms with Crippen molar-refractivity contribution >= 4 is 0 Å². The van der Waals surface area contributed by atoms with Crippen LogP contribution in [-0.4, -0.2) is 42.9 Å². The van der Waals surface area contributed by atoms with Crippen LogP contribution >= 0.6 is 0 Å². The van der Waals surface area contributed by atoms with Crippen molar-refractivity contribution in [1.82, 2.24) is 4.90 Å². The molecule has 0 spiro atoms. The maximum Gasteiger partial charge on any atom is 0.118 e. The fourth-order valence-corrected chi connectivity index (χ4v) is 1.31. The van der Waals surface area contributed by atoms with Crippen LogP contribution < -0.4 is 0 Å². The van der Waals surface area contributed by atoms with Crippen molar-refractivity contribution in [1.29, 1.82) is 0 Å². The van der Waals surface area contributed by atoms with Gasteiger partial charge in [-0.3, -0.25) is 0 Å². The molecule has 2 nitrogen and oxygen atoms in total. The van der Waals surface area contributed by atoms with E-state index in [1.54, 1.807) is 0 Å². The van der Waals surface area contributed by atoms with Gasteiger partial charge < -0.3 is 10.0 Å². The van der Waals surface area contributed by atoms with Gasteiger partial charge >= 0.3 is 0 Å². The van der Waals surface area contributed by atoms with Gasteiger partial charge in [0.25, 0.3) is 0 Å². The number of halogens is 1. The van der Waals surface area contributed by atoms with Gasteiger partial charge in [-0.25, -0.2) is 4.39 Å². The smallest absolute Gasteiger partial charge is 0.118 e. The van der Waals surface area contributed by atoms with Crippen molar-refractivity contribution in [2.24, 2.45) is 5.92 Å². The summed E-state index contributed by atoms with van der Waals surface area (Å²) in [5.74, 6) is -0.115. The molecule has 0 bridgehead atoms. The van der Waals surface area contributed by atoms with Gasteiger partial charge in [0.2, 0.25) is 0 Å². The highest BCUT2D eigenvalue weighted by Crippen LogP contribution is 2.18. The molecule has 0 aromatic heterocycles.